The summed E-state index contributed by atoms with van der Waals surface area (Å²) in [7, 11) is 0. The first-order valence-corrected chi connectivity index (χ1v) is 3.65. The molecule has 0 aromatic heterocycles. The number of carbonyl (C=O) groups excluding carboxylic acids is 1. The molecule has 0 radical (unpaired) electrons. The topological polar surface area (TPSA) is 26.3 Å². The van der Waals surface area contributed by atoms with Crippen LogP contribution in [0.2, 0.25) is 0 Å². The van der Waals surface area contributed by atoms with Gasteiger partial charge in [0.1, 0.15) is 0 Å². The van der Waals surface area contributed by atoms with Crippen molar-refractivity contribution in [1.29, 1.82) is 0 Å². The van der Waals surface area contributed by atoms with Gasteiger partial charge in [-0.25, -0.2) is 4.39 Å². The lowest BCUT2D eigenvalue weighted by atomic mass is 10.3. The van der Waals surface area contributed by atoms with Crippen LogP contribution < -0.4 is 0 Å². The first-order chi connectivity index (χ1) is 5.19. The van der Waals surface area contributed by atoms with Crippen LogP contribution in [0.4, 0.5) is 4.39 Å². The highest BCUT2D eigenvalue weighted by molar-refractivity contribution is 6.11. The molecule has 0 heterocycles. The smallest absolute Gasteiger partial charge is 0.209 e. The number of ketones is 1. The zero-order valence-electron chi connectivity index (χ0n) is 6.63. The summed E-state index contributed by atoms with van der Waals surface area (Å²) < 4.78 is 17.7. The van der Waals surface area contributed by atoms with Crippen molar-refractivity contribution in [1.82, 2.24) is 0 Å². The number of halogens is 1. The lowest BCUT2D eigenvalue weighted by molar-refractivity contribution is -0.116. The summed E-state index contributed by atoms with van der Waals surface area (Å²) in [6.07, 6.45) is 1.66. The van der Waals surface area contributed by atoms with Crippen molar-refractivity contribution in [2.24, 2.45) is 0 Å². The molecule has 1 aliphatic carbocycles. The van der Waals surface area contributed by atoms with Crippen LogP contribution in [0.15, 0.2) is 12.2 Å². The average Bonchev–Trinajstić information content (AvgIpc) is 2.44. The molecule has 3 heteroatoms. The molecule has 1 saturated carbocycles. The van der Waals surface area contributed by atoms with Crippen LogP contribution in [-0.4, -0.2) is 24.2 Å². The normalized spacial score (nSPS) is 36.6. The van der Waals surface area contributed by atoms with Crippen molar-refractivity contribution in [2.75, 3.05) is 6.61 Å². The van der Waals surface area contributed by atoms with E-state index in [-0.39, 0.29) is 0 Å². The van der Waals surface area contributed by atoms with Gasteiger partial charge in [0.2, 0.25) is 12.0 Å². The lowest BCUT2D eigenvalue weighted by Gasteiger charge is -2.05. The molecular weight excluding hydrogens is 147 g/mol. The molecule has 2 nitrogen and oxygen atoms in total. The Balaban J connectivity index is 2.69. The number of hydrogen-bond donors (Lipinski definition) is 0. The fraction of sp³-hybridized carbons (Fsp3) is 0.625. The number of alkyl halides is 1. The molecule has 62 valence electrons. The fourth-order valence-corrected chi connectivity index (χ4v) is 1.11. The SMILES string of the molecule is CC=CC1(OCC)C(=O)C1F. The Morgan fingerprint density at radius 2 is 2.36 bits per heavy atom. The quantitative estimate of drug-likeness (QED) is 0.578. The van der Waals surface area contributed by atoms with Crippen molar-refractivity contribution in [3.05, 3.63) is 12.2 Å². The van der Waals surface area contributed by atoms with E-state index in [2.05, 4.69) is 0 Å². The molecule has 0 aliphatic heterocycles. The molecule has 2 unspecified atom stereocenters. The summed E-state index contributed by atoms with van der Waals surface area (Å²) in [4.78, 5) is 10.8. The summed E-state index contributed by atoms with van der Waals surface area (Å²) >= 11 is 0. The van der Waals surface area contributed by atoms with Gasteiger partial charge in [0.15, 0.2) is 5.60 Å². The van der Waals surface area contributed by atoms with E-state index in [1.165, 1.54) is 6.08 Å². The molecule has 0 aromatic rings. The number of Topliss-reactive ketones (excluding diaryl/α,β-unsaturated/α-hetero) is 1. The summed E-state index contributed by atoms with van der Waals surface area (Å²) in [5.41, 5.74) is -1.22. The molecule has 0 spiro atoms. The second-order valence-electron chi connectivity index (χ2n) is 2.45. The number of allylic oxidation sites excluding steroid dienone is 1. The number of ether oxygens (including phenoxy) is 1. The Bertz CT molecular complexity index is 200. The van der Waals surface area contributed by atoms with E-state index in [0.29, 0.717) is 6.61 Å². The van der Waals surface area contributed by atoms with Crippen LogP contribution in [0.1, 0.15) is 13.8 Å². The Kier molecular flexibility index (Phi) is 2.09. The zero-order chi connectivity index (χ0) is 8.48. The van der Waals surface area contributed by atoms with Crippen LogP contribution in [-0.2, 0) is 9.53 Å². The van der Waals surface area contributed by atoms with Gasteiger partial charge in [-0.1, -0.05) is 6.08 Å². The maximum absolute atomic E-state index is 12.7. The third-order valence-corrected chi connectivity index (χ3v) is 1.71. The van der Waals surface area contributed by atoms with Gasteiger partial charge in [0.25, 0.3) is 0 Å². The maximum Gasteiger partial charge on any atom is 0.209 e. The van der Waals surface area contributed by atoms with Crippen molar-refractivity contribution < 1.29 is 13.9 Å². The molecule has 1 aliphatic rings. The molecule has 1 fully saturated rings. The Morgan fingerprint density at radius 3 is 2.64 bits per heavy atom. The minimum atomic E-state index is -1.45. The fourth-order valence-electron chi connectivity index (χ4n) is 1.11. The number of hydrogen-bond acceptors (Lipinski definition) is 2. The molecular formula is C8H11FO2. The molecule has 0 amide bonds. The standard InChI is InChI=1S/C8H11FO2/c1-3-5-8(11-4-2)6(9)7(8)10/h3,5-6H,4H2,1-2H3. The van der Waals surface area contributed by atoms with Crippen molar-refractivity contribution >= 4 is 5.78 Å². The van der Waals surface area contributed by atoms with Crippen molar-refractivity contribution in [2.45, 2.75) is 25.6 Å². The monoisotopic (exact) mass is 158 g/mol. The largest absolute Gasteiger partial charge is 0.360 e. The Labute approximate surface area is 65.0 Å². The zero-order valence-corrected chi connectivity index (χ0v) is 6.63. The molecule has 0 N–H and O–H groups in total. The van der Waals surface area contributed by atoms with E-state index in [1.54, 1.807) is 19.9 Å². The maximum atomic E-state index is 12.7. The van der Waals surface area contributed by atoms with Crippen LogP contribution in [0.3, 0.4) is 0 Å². The third-order valence-electron chi connectivity index (χ3n) is 1.71. The van der Waals surface area contributed by atoms with E-state index in [9.17, 15) is 9.18 Å². The van der Waals surface area contributed by atoms with E-state index < -0.39 is 17.6 Å². The summed E-state index contributed by atoms with van der Waals surface area (Å²) in [5, 5.41) is 0. The average molecular weight is 158 g/mol. The van der Waals surface area contributed by atoms with Gasteiger partial charge in [-0.2, -0.15) is 0 Å². The molecule has 2 atom stereocenters. The Hall–Kier alpha value is -0.700. The highest BCUT2D eigenvalue weighted by atomic mass is 19.1. The predicted octanol–water partition coefficient (Wildman–Crippen LogP) is 1.26. The van der Waals surface area contributed by atoms with Crippen LogP contribution in [0.5, 0.6) is 0 Å². The highest BCUT2D eigenvalue weighted by Gasteiger charge is 2.66. The minimum Gasteiger partial charge on any atom is -0.360 e. The molecule has 1 rings (SSSR count). The van der Waals surface area contributed by atoms with Gasteiger partial charge in [-0.05, 0) is 19.9 Å². The van der Waals surface area contributed by atoms with Gasteiger partial charge in [0.05, 0.1) is 0 Å². The van der Waals surface area contributed by atoms with E-state index >= 15 is 0 Å². The van der Waals surface area contributed by atoms with Gasteiger partial charge in [0, 0.05) is 6.61 Å². The molecule has 0 saturated heterocycles. The van der Waals surface area contributed by atoms with Crippen LogP contribution in [0, 0.1) is 0 Å². The number of carbonyl (C=O) groups is 1. The van der Waals surface area contributed by atoms with Gasteiger partial charge in [-0.3, -0.25) is 4.79 Å². The van der Waals surface area contributed by atoms with E-state index in [0.717, 1.165) is 0 Å². The van der Waals surface area contributed by atoms with E-state index in [1.807, 2.05) is 0 Å². The Morgan fingerprint density at radius 1 is 1.82 bits per heavy atom. The predicted molar refractivity (Wildman–Crippen MR) is 39.1 cm³/mol. The summed E-state index contributed by atoms with van der Waals surface area (Å²) in [6, 6.07) is 0. The summed E-state index contributed by atoms with van der Waals surface area (Å²) in [5.74, 6) is -0.461. The molecule has 0 aromatic carbocycles. The summed E-state index contributed by atoms with van der Waals surface area (Å²) in [6.45, 7) is 3.83. The van der Waals surface area contributed by atoms with Crippen LogP contribution in [0.25, 0.3) is 0 Å². The lowest BCUT2D eigenvalue weighted by Crippen LogP contribution is -2.16. The second-order valence-corrected chi connectivity index (χ2v) is 2.45. The minimum absolute atomic E-state index is 0.358. The first-order valence-electron chi connectivity index (χ1n) is 3.65. The van der Waals surface area contributed by atoms with Gasteiger partial charge in [-0.15, -0.1) is 0 Å². The second kappa shape index (κ2) is 2.74. The van der Waals surface area contributed by atoms with Crippen molar-refractivity contribution in [3.8, 4) is 0 Å². The number of rotatable bonds is 3. The first kappa shape index (κ1) is 8.40. The molecule has 11 heavy (non-hydrogen) atoms. The van der Waals surface area contributed by atoms with Gasteiger partial charge < -0.3 is 4.74 Å². The molecule has 0 bridgehead atoms. The van der Waals surface area contributed by atoms with Crippen LogP contribution >= 0.6 is 0 Å². The highest BCUT2D eigenvalue weighted by Crippen LogP contribution is 2.39. The van der Waals surface area contributed by atoms with Crippen molar-refractivity contribution in [3.63, 3.8) is 0 Å². The van der Waals surface area contributed by atoms with E-state index in [4.69, 9.17) is 4.74 Å². The third kappa shape index (κ3) is 1.09. The van der Waals surface area contributed by atoms with Gasteiger partial charge >= 0.3 is 0 Å².